The Balaban J connectivity index is 1.78. The predicted octanol–water partition coefficient (Wildman–Crippen LogP) is 1.33. The summed E-state index contributed by atoms with van der Waals surface area (Å²) in [7, 11) is 0. The fourth-order valence-corrected chi connectivity index (χ4v) is 2.75. The van der Waals surface area contributed by atoms with Gasteiger partial charge in [-0.3, -0.25) is 9.69 Å². The average Bonchev–Trinajstić information content (AvgIpc) is 2.83. The molecule has 0 radical (unpaired) electrons. The standard InChI is InChI=1S/C12H20N4OS/c1-9(16-5-3-2-4-6-16)7-14-11(17)10-8-18-12(13)15-10/h8-9H,2-7H2,1H3,(H2,13,15)(H,14,17). The fraction of sp³-hybridized carbons (Fsp3) is 0.667. The van der Waals surface area contributed by atoms with E-state index in [4.69, 9.17) is 5.73 Å². The second-order valence-electron chi connectivity index (χ2n) is 4.73. The van der Waals surface area contributed by atoms with Crippen molar-refractivity contribution in [2.75, 3.05) is 25.4 Å². The summed E-state index contributed by atoms with van der Waals surface area (Å²) in [5.74, 6) is -0.133. The van der Waals surface area contributed by atoms with Gasteiger partial charge in [0.2, 0.25) is 0 Å². The van der Waals surface area contributed by atoms with E-state index in [2.05, 4.69) is 22.1 Å². The van der Waals surface area contributed by atoms with Crippen molar-refractivity contribution < 1.29 is 4.79 Å². The van der Waals surface area contributed by atoms with Crippen molar-refractivity contribution in [3.8, 4) is 0 Å². The Kier molecular flexibility index (Phi) is 4.54. The fourth-order valence-electron chi connectivity index (χ4n) is 2.21. The predicted molar refractivity (Wildman–Crippen MR) is 73.7 cm³/mol. The van der Waals surface area contributed by atoms with Crippen LogP contribution in [0.25, 0.3) is 0 Å². The van der Waals surface area contributed by atoms with Crippen LogP contribution in [0, 0.1) is 0 Å². The Hall–Kier alpha value is -1.14. The molecule has 1 aromatic rings. The van der Waals surface area contributed by atoms with Gasteiger partial charge in [0.05, 0.1) is 0 Å². The minimum absolute atomic E-state index is 0.133. The topological polar surface area (TPSA) is 71.2 Å². The molecule has 1 saturated heterocycles. The minimum atomic E-state index is -0.133. The number of aromatic nitrogens is 1. The molecule has 1 atom stereocenters. The highest BCUT2D eigenvalue weighted by Gasteiger charge is 2.18. The monoisotopic (exact) mass is 268 g/mol. The lowest BCUT2D eigenvalue weighted by Crippen LogP contribution is -2.44. The van der Waals surface area contributed by atoms with Gasteiger partial charge in [0, 0.05) is 18.0 Å². The molecule has 1 unspecified atom stereocenters. The Labute approximate surface area is 111 Å². The lowest BCUT2D eigenvalue weighted by Gasteiger charge is -2.32. The number of thiazole rings is 1. The lowest BCUT2D eigenvalue weighted by molar-refractivity contribution is 0.0926. The molecule has 0 saturated carbocycles. The molecule has 1 fully saturated rings. The van der Waals surface area contributed by atoms with E-state index in [1.54, 1.807) is 5.38 Å². The third-order valence-corrected chi connectivity index (χ3v) is 4.00. The molecule has 2 rings (SSSR count). The van der Waals surface area contributed by atoms with Crippen LogP contribution in [0.1, 0.15) is 36.7 Å². The normalized spacial score (nSPS) is 18.5. The van der Waals surface area contributed by atoms with Crippen LogP contribution in [-0.2, 0) is 0 Å². The van der Waals surface area contributed by atoms with E-state index in [1.807, 2.05) is 0 Å². The number of anilines is 1. The molecule has 1 aliphatic heterocycles. The Bertz CT molecular complexity index is 401. The van der Waals surface area contributed by atoms with Crippen molar-refractivity contribution in [3.05, 3.63) is 11.1 Å². The molecule has 0 aromatic carbocycles. The largest absolute Gasteiger partial charge is 0.375 e. The second-order valence-corrected chi connectivity index (χ2v) is 5.62. The summed E-state index contributed by atoms with van der Waals surface area (Å²) in [5.41, 5.74) is 5.93. The Morgan fingerprint density at radius 3 is 2.89 bits per heavy atom. The van der Waals surface area contributed by atoms with E-state index < -0.39 is 0 Å². The van der Waals surface area contributed by atoms with Crippen LogP contribution in [0.5, 0.6) is 0 Å². The maximum atomic E-state index is 11.8. The zero-order chi connectivity index (χ0) is 13.0. The van der Waals surface area contributed by atoms with E-state index in [-0.39, 0.29) is 5.91 Å². The van der Waals surface area contributed by atoms with Crippen LogP contribution in [0.4, 0.5) is 5.13 Å². The summed E-state index contributed by atoms with van der Waals surface area (Å²) in [4.78, 5) is 18.2. The Morgan fingerprint density at radius 2 is 2.28 bits per heavy atom. The molecule has 0 aliphatic carbocycles. The molecular weight excluding hydrogens is 248 g/mol. The minimum Gasteiger partial charge on any atom is -0.375 e. The SMILES string of the molecule is CC(CNC(=O)c1csc(N)n1)N1CCCCC1. The highest BCUT2D eigenvalue weighted by molar-refractivity contribution is 7.13. The molecule has 0 bridgehead atoms. The summed E-state index contributed by atoms with van der Waals surface area (Å²) in [6.45, 7) is 5.10. The third-order valence-electron chi connectivity index (χ3n) is 3.33. The maximum absolute atomic E-state index is 11.8. The van der Waals surface area contributed by atoms with Crippen molar-refractivity contribution in [3.63, 3.8) is 0 Å². The molecule has 100 valence electrons. The highest BCUT2D eigenvalue weighted by atomic mass is 32.1. The summed E-state index contributed by atoms with van der Waals surface area (Å²) in [6, 6.07) is 0.380. The molecule has 1 aromatic heterocycles. The van der Waals surface area contributed by atoms with Crippen LogP contribution in [0.2, 0.25) is 0 Å². The van der Waals surface area contributed by atoms with E-state index in [0.29, 0.717) is 23.4 Å². The zero-order valence-corrected chi connectivity index (χ0v) is 11.5. The molecule has 5 nitrogen and oxygen atoms in total. The Morgan fingerprint density at radius 1 is 1.56 bits per heavy atom. The number of nitrogens with zero attached hydrogens (tertiary/aromatic N) is 2. The average molecular weight is 268 g/mol. The number of piperidine rings is 1. The van der Waals surface area contributed by atoms with E-state index in [9.17, 15) is 4.79 Å². The number of likely N-dealkylation sites (tertiary alicyclic amines) is 1. The first kappa shape index (κ1) is 13.3. The van der Waals surface area contributed by atoms with Gasteiger partial charge in [0.15, 0.2) is 5.13 Å². The van der Waals surface area contributed by atoms with Gasteiger partial charge in [-0.05, 0) is 32.9 Å². The number of hydrogen-bond donors (Lipinski definition) is 2. The second kappa shape index (κ2) is 6.15. The number of carbonyl (C=O) groups excluding carboxylic acids is 1. The van der Waals surface area contributed by atoms with Crippen LogP contribution < -0.4 is 11.1 Å². The molecule has 1 aliphatic rings. The number of nitrogens with two attached hydrogens (primary N) is 1. The van der Waals surface area contributed by atoms with Gasteiger partial charge in [-0.1, -0.05) is 6.42 Å². The summed E-state index contributed by atoms with van der Waals surface area (Å²) in [6.07, 6.45) is 3.86. The highest BCUT2D eigenvalue weighted by Crippen LogP contribution is 2.12. The van der Waals surface area contributed by atoms with Crippen LogP contribution in [0.3, 0.4) is 0 Å². The van der Waals surface area contributed by atoms with Gasteiger partial charge >= 0.3 is 0 Å². The molecule has 3 N–H and O–H groups in total. The van der Waals surface area contributed by atoms with Gasteiger partial charge in [0.25, 0.3) is 5.91 Å². The number of amides is 1. The van der Waals surface area contributed by atoms with Crippen LogP contribution in [0.15, 0.2) is 5.38 Å². The van der Waals surface area contributed by atoms with Gasteiger partial charge in [-0.2, -0.15) is 0 Å². The maximum Gasteiger partial charge on any atom is 0.270 e. The van der Waals surface area contributed by atoms with Crippen molar-refractivity contribution >= 4 is 22.4 Å². The molecule has 6 heteroatoms. The summed E-state index contributed by atoms with van der Waals surface area (Å²) < 4.78 is 0. The first-order valence-corrected chi connectivity index (χ1v) is 7.28. The number of hydrogen-bond acceptors (Lipinski definition) is 5. The smallest absolute Gasteiger partial charge is 0.270 e. The number of rotatable bonds is 4. The van der Waals surface area contributed by atoms with Gasteiger partial charge < -0.3 is 11.1 Å². The molecule has 1 amide bonds. The molecule has 0 spiro atoms. The van der Waals surface area contributed by atoms with Crippen molar-refractivity contribution in [2.45, 2.75) is 32.2 Å². The number of nitrogen functional groups attached to an aromatic ring is 1. The first-order chi connectivity index (χ1) is 8.66. The summed E-state index contributed by atoms with van der Waals surface area (Å²) >= 11 is 1.29. The van der Waals surface area contributed by atoms with Gasteiger partial charge in [-0.25, -0.2) is 4.98 Å². The first-order valence-electron chi connectivity index (χ1n) is 6.40. The zero-order valence-electron chi connectivity index (χ0n) is 10.7. The molecular formula is C12H20N4OS. The number of nitrogens with one attached hydrogen (secondary N) is 1. The van der Waals surface area contributed by atoms with Gasteiger partial charge in [0.1, 0.15) is 5.69 Å². The van der Waals surface area contributed by atoms with Crippen LogP contribution in [-0.4, -0.2) is 41.5 Å². The van der Waals surface area contributed by atoms with Crippen molar-refractivity contribution in [2.24, 2.45) is 0 Å². The van der Waals surface area contributed by atoms with Crippen molar-refractivity contribution in [1.29, 1.82) is 0 Å². The summed E-state index contributed by atoms with van der Waals surface area (Å²) in [5, 5.41) is 5.04. The van der Waals surface area contributed by atoms with E-state index >= 15 is 0 Å². The molecule has 18 heavy (non-hydrogen) atoms. The molecule has 2 heterocycles. The van der Waals surface area contributed by atoms with Crippen LogP contribution >= 0.6 is 11.3 Å². The van der Waals surface area contributed by atoms with Crippen molar-refractivity contribution in [1.82, 2.24) is 15.2 Å². The van der Waals surface area contributed by atoms with E-state index in [0.717, 1.165) is 13.1 Å². The van der Waals surface area contributed by atoms with E-state index in [1.165, 1.54) is 30.6 Å². The third kappa shape index (κ3) is 3.43. The number of carbonyl (C=O) groups is 1. The lowest BCUT2D eigenvalue weighted by atomic mass is 10.1. The quantitative estimate of drug-likeness (QED) is 0.864. The van der Waals surface area contributed by atoms with Gasteiger partial charge in [-0.15, -0.1) is 11.3 Å².